The van der Waals surface area contributed by atoms with Crippen molar-refractivity contribution in [2.45, 2.75) is 19.3 Å². The highest BCUT2D eigenvalue weighted by Gasteiger charge is 2.38. The van der Waals surface area contributed by atoms with Gasteiger partial charge in [0.15, 0.2) is 5.58 Å². The first kappa shape index (κ1) is 22.8. The maximum atomic E-state index is 12.1. The van der Waals surface area contributed by atoms with Crippen LogP contribution in [0.1, 0.15) is 5.56 Å². The molecule has 0 atom stereocenters. The fourth-order valence-corrected chi connectivity index (χ4v) is 2.46. The van der Waals surface area contributed by atoms with E-state index in [1.54, 1.807) is 30.3 Å². The zero-order chi connectivity index (χ0) is 22.5. The number of nitrogens with zero attached hydrogens (tertiary/aromatic N) is 1. The number of halogens is 4. The van der Waals surface area contributed by atoms with Crippen molar-refractivity contribution in [2.24, 2.45) is 0 Å². The van der Waals surface area contributed by atoms with Gasteiger partial charge in [-0.25, -0.2) is 9.59 Å². The molecule has 0 bridgehead atoms. The first-order chi connectivity index (χ1) is 14.0. The minimum Gasteiger partial charge on any atom is -0.475 e. The first-order valence-electron chi connectivity index (χ1n) is 8.17. The Hall–Kier alpha value is -3.47. The Bertz CT molecular complexity index is 1120. The van der Waals surface area contributed by atoms with E-state index in [1.165, 1.54) is 4.57 Å². The third-order valence-corrected chi connectivity index (χ3v) is 3.85. The Labute approximate surface area is 171 Å². The quantitative estimate of drug-likeness (QED) is 0.530. The molecule has 3 rings (SSSR count). The molecule has 8 nitrogen and oxygen atoms in total. The molecule has 160 valence electrons. The van der Waals surface area contributed by atoms with E-state index < -0.39 is 17.9 Å². The Morgan fingerprint density at radius 2 is 1.87 bits per heavy atom. The average Bonchev–Trinajstić information content (AvgIpc) is 2.94. The zero-order valence-electron chi connectivity index (χ0n) is 15.1. The molecule has 1 amide bonds. The van der Waals surface area contributed by atoms with Gasteiger partial charge < -0.3 is 20.6 Å². The number of rotatable bonds is 4. The summed E-state index contributed by atoms with van der Waals surface area (Å²) in [6.07, 6.45) is -5.08. The molecular formula is C18H15ClF3N3O5. The second-order valence-corrected chi connectivity index (χ2v) is 6.33. The fraction of sp³-hybridized carbons (Fsp3) is 0.167. The summed E-state index contributed by atoms with van der Waals surface area (Å²) in [5, 5.41) is 10.3. The standard InChI is InChI=1S/C16H14ClN3O3.C2HF3O2/c17-11-4-5-13-14(7-11)23-16(22)20(13)9-15(21)19-8-10-2-1-3-12(18)6-10;3-2(4,5)1(6)7/h1-7H,8-9,18H2,(H,19,21);(H,6,7). The van der Waals surface area contributed by atoms with Crippen molar-refractivity contribution in [1.29, 1.82) is 0 Å². The lowest BCUT2D eigenvalue weighted by Crippen LogP contribution is -2.30. The first-order valence-corrected chi connectivity index (χ1v) is 8.55. The van der Waals surface area contributed by atoms with Gasteiger partial charge in [-0.3, -0.25) is 9.36 Å². The van der Waals surface area contributed by atoms with E-state index in [2.05, 4.69) is 5.32 Å². The van der Waals surface area contributed by atoms with Crippen molar-refractivity contribution in [3.8, 4) is 0 Å². The monoisotopic (exact) mass is 445 g/mol. The van der Waals surface area contributed by atoms with Gasteiger partial charge in [0.2, 0.25) is 5.91 Å². The lowest BCUT2D eigenvalue weighted by Gasteiger charge is -2.06. The molecule has 12 heteroatoms. The topological polar surface area (TPSA) is 128 Å². The average molecular weight is 446 g/mol. The number of carbonyl (C=O) groups is 2. The van der Waals surface area contributed by atoms with Crippen molar-refractivity contribution in [3.63, 3.8) is 0 Å². The molecule has 0 aliphatic carbocycles. The third-order valence-electron chi connectivity index (χ3n) is 3.62. The van der Waals surface area contributed by atoms with Crippen LogP contribution in [0.4, 0.5) is 18.9 Å². The molecule has 4 N–H and O–H groups in total. The van der Waals surface area contributed by atoms with Gasteiger partial charge in [-0.05, 0) is 29.8 Å². The van der Waals surface area contributed by atoms with Crippen LogP contribution in [0.25, 0.3) is 11.1 Å². The van der Waals surface area contributed by atoms with E-state index >= 15 is 0 Å². The van der Waals surface area contributed by atoms with E-state index in [4.69, 9.17) is 31.7 Å². The van der Waals surface area contributed by atoms with Crippen LogP contribution >= 0.6 is 11.6 Å². The number of hydrogen-bond donors (Lipinski definition) is 3. The molecular weight excluding hydrogens is 431 g/mol. The predicted molar refractivity (Wildman–Crippen MR) is 102 cm³/mol. The molecule has 30 heavy (non-hydrogen) atoms. The molecule has 0 fully saturated rings. The molecule has 0 spiro atoms. The number of nitrogens with one attached hydrogen (secondary N) is 1. The van der Waals surface area contributed by atoms with Gasteiger partial charge in [0.05, 0.1) is 5.52 Å². The highest BCUT2D eigenvalue weighted by molar-refractivity contribution is 6.31. The molecule has 0 saturated heterocycles. The summed E-state index contributed by atoms with van der Waals surface area (Å²) in [6, 6.07) is 12.1. The smallest absolute Gasteiger partial charge is 0.475 e. The number of fused-ring (bicyclic) bond motifs is 1. The summed E-state index contributed by atoms with van der Waals surface area (Å²) in [5.41, 5.74) is 8.08. The van der Waals surface area contributed by atoms with E-state index in [9.17, 15) is 22.8 Å². The van der Waals surface area contributed by atoms with Gasteiger partial charge in [-0.15, -0.1) is 0 Å². The second-order valence-electron chi connectivity index (χ2n) is 5.89. The number of amides is 1. The van der Waals surface area contributed by atoms with Gasteiger partial charge in [0.1, 0.15) is 6.54 Å². The van der Waals surface area contributed by atoms with Crippen LogP contribution in [0.3, 0.4) is 0 Å². The SMILES string of the molecule is Nc1cccc(CNC(=O)Cn2c(=O)oc3cc(Cl)ccc32)c1.O=C(O)C(F)(F)F. The number of aliphatic carboxylic acids is 1. The Kier molecular flexibility index (Phi) is 7.11. The van der Waals surface area contributed by atoms with Crippen LogP contribution in [0, 0.1) is 0 Å². The minimum atomic E-state index is -5.08. The van der Waals surface area contributed by atoms with E-state index in [1.807, 2.05) is 12.1 Å². The van der Waals surface area contributed by atoms with Crippen LogP contribution in [-0.2, 0) is 22.7 Å². The zero-order valence-corrected chi connectivity index (χ0v) is 15.8. The summed E-state index contributed by atoms with van der Waals surface area (Å²) in [6.45, 7) is 0.204. The van der Waals surface area contributed by atoms with Gasteiger partial charge in [0.25, 0.3) is 0 Å². The summed E-state index contributed by atoms with van der Waals surface area (Å²) in [7, 11) is 0. The van der Waals surface area contributed by atoms with Crippen molar-refractivity contribution >= 4 is 40.3 Å². The van der Waals surface area contributed by atoms with Crippen LogP contribution in [0.2, 0.25) is 5.02 Å². The lowest BCUT2D eigenvalue weighted by molar-refractivity contribution is -0.192. The Morgan fingerprint density at radius 3 is 2.47 bits per heavy atom. The van der Waals surface area contributed by atoms with Crippen LogP contribution < -0.4 is 16.8 Å². The number of hydrogen-bond acceptors (Lipinski definition) is 5. The number of nitrogens with two attached hydrogens (primary N) is 1. The predicted octanol–water partition coefficient (Wildman–Crippen LogP) is 2.78. The minimum absolute atomic E-state index is 0.129. The second kappa shape index (κ2) is 9.35. The van der Waals surface area contributed by atoms with E-state index in [0.717, 1.165) is 5.56 Å². The number of alkyl halides is 3. The normalized spacial score (nSPS) is 10.9. The number of anilines is 1. The molecule has 0 radical (unpaired) electrons. The van der Waals surface area contributed by atoms with E-state index in [0.29, 0.717) is 28.4 Å². The highest BCUT2D eigenvalue weighted by atomic mass is 35.5. The molecule has 0 saturated carbocycles. The molecule has 1 aromatic heterocycles. The van der Waals surface area contributed by atoms with Gasteiger partial charge >= 0.3 is 17.9 Å². The van der Waals surface area contributed by atoms with Gasteiger partial charge in [0, 0.05) is 23.3 Å². The van der Waals surface area contributed by atoms with Gasteiger partial charge in [-0.1, -0.05) is 23.7 Å². The number of carboxylic acid groups (broad SMARTS) is 1. The van der Waals surface area contributed by atoms with E-state index in [-0.39, 0.29) is 12.5 Å². The number of nitrogen functional groups attached to an aromatic ring is 1. The summed E-state index contributed by atoms with van der Waals surface area (Å²) < 4.78 is 38.1. The molecule has 3 aromatic rings. The molecule has 0 unspecified atom stereocenters. The van der Waals surface area contributed by atoms with Gasteiger partial charge in [-0.2, -0.15) is 13.2 Å². The molecule has 2 aromatic carbocycles. The highest BCUT2D eigenvalue weighted by Crippen LogP contribution is 2.18. The van der Waals surface area contributed by atoms with Crippen molar-refractivity contribution < 1.29 is 32.3 Å². The van der Waals surface area contributed by atoms with Crippen molar-refractivity contribution in [3.05, 3.63) is 63.6 Å². The maximum absolute atomic E-state index is 12.1. The molecule has 0 aliphatic rings. The summed E-state index contributed by atoms with van der Waals surface area (Å²) in [4.78, 5) is 32.8. The maximum Gasteiger partial charge on any atom is 0.490 e. The number of aromatic nitrogens is 1. The van der Waals surface area contributed by atoms with Crippen molar-refractivity contribution in [2.75, 3.05) is 5.73 Å². The Morgan fingerprint density at radius 1 is 1.20 bits per heavy atom. The number of carboxylic acids is 1. The Balaban J connectivity index is 0.000000396. The number of benzene rings is 2. The number of oxazole rings is 1. The van der Waals surface area contributed by atoms with Crippen LogP contribution in [0.5, 0.6) is 0 Å². The fourth-order valence-electron chi connectivity index (χ4n) is 2.29. The largest absolute Gasteiger partial charge is 0.490 e. The number of carbonyl (C=O) groups excluding carboxylic acids is 1. The summed E-state index contributed by atoms with van der Waals surface area (Å²) >= 11 is 5.86. The van der Waals surface area contributed by atoms with Crippen molar-refractivity contribution in [1.82, 2.24) is 9.88 Å². The molecule has 0 aliphatic heterocycles. The summed E-state index contributed by atoms with van der Waals surface area (Å²) in [5.74, 6) is -3.65. The van der Waals surface area contributed by atoms with Crippen LogP contribution in [-0.4, -0.2) is 27.7 Å². The lowest BCUT2D eigenvalue weighted by atomic mass is 10.2. The van der Waals surface area contributed by atoms with Crippen LogP contribution in [0.15, 0.2) is 51.7 Å². The molecule has 1 heterocycles. The third kappa shape index (κ3) is 6.27.